The van der Waals surface area contributed by atoms with Crippen molar-refractivity contribution >= 4 is 0 Å². The number of aliphatic hydroxyl groups is 1. The minimum absolute atomic E-state index is 0.762. The highest BCUT2D eigenvalue weighted by atomic mass is 16.5. The van der Waals surface area contributed by atoms with Gasteiger partial charge < -0.3 is 14.7 Å². The smallest absolute Gasteiger partial charge is 0.119 e. The first kappa shape index (κ1) is 15.3. The molecule has 0 atom stereocenters. The number of hydrogen-bond acceptors (Lipinski definition) is 3. The Hall–Kier alpha value is -1.06. The molecule has 0 spiro atoms. The molecule has 112 valence electrons. The average molecular weight is 277 g/mol. The van der Waals surface area contributed by atoms with Crippen LogP contribution in [0, 0.1) is 0 Å². The molecule has 2 rings (SSSR count). The van der Waals surface area contributed by atoms with Gasteiger partial charge in [-0.2, -0.15) is 0 Å². The molecule has 0 unspecified atom stereocenters. The van der Waals surface area contributed by atoms with Crippen molar-refractivity contribution in [3.8, 4) is 5.75 Å². The van der Waals surface area contributed by atoms with Crippen molar-refractivity contribution in [1.29, 1.82) is 0 Å². The summed E-state index contributed by atoms with van der Waals surface area (Å²) in [4.78, 5) is 2.53. The molecule has 1 saturated heterocycles. The molecule has 0 bridgehead atoms. The van der Waals surface area contributed by atoms with Gasteiger partial charge in [0.25, 0.3) is 0 Å². The quantitative estimate of drug-likeness (QED) is 0.811. The maximum atomic E-state index is 9.89. The minimum Gasteiger partial charge on any atom is -0.494 e. The van der Waals surface area contributed by atoms with E-state index in [0.717, 1.165) is 30.9 Å². The molecule has 1 aromatic carbocycles. The summed E-state index contributed by atoms with van der Waals surface area (Å²) in [5.74, 6) is 0.886. The Morgan fingerprint density at radius 1 is 1.10 bits per heavy atom. The van der Waals surface area contributed by atoms with Crippen molar-refractivity contribution in [3.63, 3.8) is 0 Å². The van der Waals surface area contributed by atoms with Gasteiger partial charge >= 0.3 is 0 Å². The average Bonchev–Trinajstić information content (AvgIpc) is 2.44. The van der Waals surface area contributed by atoms with Crippen molar-refractivity contribution < 1.29 is 9.84 Å². The van der Waals surface area contributed by atoms with E-state index in [9.17, 15) is 5.11 Å². The third kappa shape index (κ3) is 4.80. The number of rotatable bonds is 6. The van der Waals surface area contributed by atoms with Crippen LogP contribution in [0.25, 0.3) is 0 Å². The van der Waals surface area contributed by atoms with Crippen molar-refractivity contribution in [2.24, 2.45) is 0 Å². The fourth-order valence-corrected chi connectivity index (χ4v) is 2.62. The molecular formula is C17H27NO2. The van der Waals surface area contributed by atoms with E-state index in [1.54, 1.807) is 13.8 Å². The van der Waals surface area contributed by atoms with Crippen LogP contribution < -0.4 is 4.74 Å². The summed E-state index contributed by atoms with van der Waals surface area (Å²) in [7, 11) is 0. The third-order valence-electron chi connectivity index (χ3n) is 3.90. The van der Waals surface area contributed by atoms with Crippen LogP contribution in [0.2, 0.25) is 0 Å². The van der Waals surface area contributed by atoms with Gasteiger partial charge in [0.05, 0.1) is 12.2 Å². The Labute approximate surface area is 122 Å². The number of hydrogen-bond donors (Lipinski definition) is 1. The van der Waals surface area contributed by atoms with Gasteiger partial charge in [0.15, 0.2) is 0 Å². The van der Waals surface area contributed by atoms with E-state index in [0.29, 0.717) is 0 Å². The van der Waals surface area contributed by atoms with E-state index >= 15 is 0 Å². The predicted octanol–water partition coefficient (Wildman–Crippen LogP) is 3.17. The van der Waals surface area contributed by atoms with Crippen molar-refractivity contribution in [3.05, 3.63) is 29.8 Å². The van der Waals surface area contributed by atoms with Crippen LogP contribution in [-0.2, 0) is 5.60 Å². The van der Waals surface area contributed by atoms with Gasteiger partial charge in [0.1, 0.15) is 5.75 Å². The van der Waals surface area contributed by atoms with Gasteiger partial charge in [-0.3, -0.25) is 0 Å². The van der Waals surface area contributed by atoms with Crippen LogP contribution in [0.3, 0.4) is 0 Å². The van der Waals surface area contributed by atoms with E-state index in [4.69, 9.17) is 4.74 Å². The van der Waals surface area contributed by atoms with Gasteiger partial charge in [0, 0.05) is 6.54 Å². The lowest BCUT2D eigenvalue weighted by molar-refractivity contribution is 0.0785. The first-order chi connectivity index (χ1) is 9.55. The monoisotopic (exact) mass is 277 g/mol. The summed E-state index contributed by atoms with van der Waals surface area (Å²) in [6, 6.07) is 7.74. The third-order valence-corrected chi connectivity index (χ3v) is 3.90. The van der Waals surface area contributed by atoms with Crippen LogP contribution in [-0.4, -0.2) is 36.2 Å². The number of likely N-dealkylation sites (tertiary alicyclic amines) is 1. The number of benzene rings is 1. The predicted molar refractivity (Wildman–Crippen MR) is 82.1 cm³/mol. The summed E-state index contributed by atoms with van der Waals surface area (Å²) >= 11 is 0. The Morgan fingerprint density at radius 3 is 2.35 bits per heavy atom. The molecule has 1 aliphatic heterocycles. The first-order valence-corrected chi connectivity index (χ1v) is 7.74. The van der Waals surface area contributed by atoms with Gasteiger partial charge in [-0.25, -0.2) is 0 Å². The largest absolute Gasteiger partial charge is 0.494 e. The van der Waals surface area contributed by atoms with Crippen LogP contribution in [0.5, 0.6) is 5.75 Å². The topological polar surface area (TPSA) is 32.7 Å². The van der Waals surface area contributed by atoms with Gasteiger partial charge in [-0.15, -0.1) is 0 Å². The molecule has 1 heterocycles. The second-order valence-electron chi connectivity index (χ2n) is 6.19. The first-order valence-electron chi connectivity index (χ1n) is 7.74. The fourth-order valence-electron chi connectivity index (χ4n) is 2.62. The van der Waals surface area contributed by atoms with Gasteiger partial charge in [-0.1, -0.05) is 18.6 Å². The van der Waals surface area contributed by atoms with Crippen LogP contribution in [0.15, 0.2) is 24.3 Å². The summed E-state index contributed by atoms with van der Waals surface area (Å²) < 4.78 is 5.76. The van der Waals surface area contributed by atoms with E-state index in [-0.39, 0.29) is 0 Å². The Balaban J connectivity index is 1.68. The van der Waals surface area contributed by atoms with Crippen molar-refractivity contribution in [2.45, 2.75) is 45.1 Å². The van der Waals surface area contributed by atoms with Crippen LogP contribution in [0.1, 0.15) is 45.1 Å². The maximum Gasteiger partial charge on any atom is 0.119 e. The lowest BCUT2D eigenvalue weighted by Crippen LogP contribution is -2.31. The van der Waals surface area contributed by atoms with Crippen LogP contribution in [0.4, 0.5) is 0 Å². The van der Waals surface area contributed by atoms with E-state index in [1.165, 1.54) is 32.4 Å². The summed E-state index contributed by atoms with van der Waals surface area (Å²) in [5, 5.41) is 9.89. The molecule has 1 fully saturated rings. The molecule has 1 aromatic rings. The highest BCUT2D eigenvalue weighted by Crippen LogP contribution is 2.22. The molecule has 0 amide bonds. The Bertz CT molecular complexity index is 388. The summed E-state index contributed by atoms with van der Waals surface area (Å²) in [6.07, 6.45) is 5.16. The number of piperidine rings is 1. The Morgan fingerprint density at radius 2 is 1.75 bits per heavy atom. The SMILES string of the molecule is CC(C)(O)c1ccc(OCCCN2CCCCC2)cc1. The molecule has 0 radical (unpaired) electrons. The van der Waals surface area contributed by atoms with Gasteiger partial charge in [0.2, 0.25) is 0 Å². The summed E-state index contributed by atoms with van der Waals surface area (Å²) in [5.41, 5.74) is 0.130. The second-order valence-corrected chi connectivity index (χ2v) is 6.19. The standard InChI is InChI=1S/C17H27NO2/c1-17(2,19)15-7-9-16(10-8-15)20-14-6-13-18-11-4-3-5-12-18/h7-10,19H,3-6,11-14H2,1-2H3. The highest BCUT2D eigenvalue weighted by molar-refractivity contribution is 5.30. The number of ether oxygens (including phenoxy) is 1. The van der Waals surface area contributed by atoms with Gasteiger partial charge in [-0.05, 0) is 63.9 Å². The fraction of sp³-hybridized carbons (Fsp3) is 0.647. The molecule has 3 nitrogen and oxygen atoms in total. The van der Waals surface area contributed by atoms with Crippen molar-refractivity contribution in [1.82, 2.24) is 4.90 Å². The zero-order valence-electron chi connectivity index (χ0n) is 12.8. The molecule has 1 aliphatic rings. The molecule has 1 N–H and O–H groups in total. The summed E-state index contributed by atoms with van der Waals surface area (Å²) in [6.45, 7) is 7.99. The number of nitrogens with zero attached hydrogens (tertiary/aromatic N) is 1. The highest BCUT2D eigenvalue weighted by Gasteiger charge is 2.15. The lowest BCUT2D eigenvalue weighted by Gasteiger charge is -2.26. The van der Waals surface area contributed by atoms with E-state index < -0.39 is 5.60 Å². The normalized spacial score (nSPS) is 17.1. The molecule has 20 heavy (non-hydrogen) atoms. The van der Waals surface area contributed by atoms with E-state index in [1.807, 2.05) is 24.3 Å². The zero-order chi connectivity index (χ0) is 14.4. The van der Waals surface area contributed by atoms with E-state index in [2.05, 4.69) is 4.90 Å². The second kappa shape index (κ2) is 7.09. The maximum absolute atomic E-state index is 9.89. The molecule has 0 aliphatic carbocycles. The van der Waals surface area contributed by atoms with Crippen LogP contribution >= 0.6 is 0 Å². The molecular weight excluding hydrogens is 250 g/mol. The molecule has 0 saturated carbocycles. The minimum atomic E-state index is -0.785. The van der Waals surface area contributed by atoms with Crippen molar-refractivity contribution in [2.75, 3.05) is 26.2 Å². The Kier molecular flexibility index (Phi) is 5.44. The molecule has 0 aromatic heterocycles. The molecule has 3 heteroatoms. The zero-order valence-corrected chi connectivity index (χ0v) is 12.8. The lowest BCUT2D eigenvalue weighted by atomic mass is 9.99.